The quantitative estimate of drug-likeness (QED) is 0.357. The Labute approximate surface area is 105 Å². The van der Waals surface area contributed by atoms with E-state index in [-0.39, 0.29) is 3.57 Å². The maximum absolute atomic E-state index is 12.4. The van der Waals surface area contributed by atoms with Crippen LogP contribution >= 0.6 is 22.6 Å². The van der Waals surface area contributed by atoms with Gasteiger partial charge in [0.25, 0.3) is 0 Å². The van der Waals surface area contributed by atoms with Gasteiger partial charge in [-0.1, -0.05) is 0 Å². The van der Waals surface area contributed by atoms with E-state index in [1.807, 2.05) is 0 Å². The lowest BCUT2D eigenvalue weighted by atomic mass is 10.3. The van der Waals surface area contributed by atoms with Gasteiger partial charge < -0.3 is 14.9 Å². The highest BCUT2D eigenvalue weighted by Gasteiger charge is 2.36. The molecular formula is C7H3F4IN2O3. The van der Waals surface area contributed by atoms with Crippen LogP contribution in [0.15, 0.2) is 6.07 Å². The molecule has 0 aromatic carbocycles. The second-order valence-corrected chi connectivity index (χ2v) is 3.86. The lowest BCUT2D eigenvalue weighted by Crippen LogP contribution is -2.19. The van der Waals surface area contributed by atoms with Gasteiger partial charge in [-0.25, -0.2) is 4.39 Å². The van der Waals surface area contributed by atoms with E-state index in [1.165, 1.54) is 22.6 Å². The van der Waals surface area contributed by atoms with E-state index in [4.69, 9.17) is 0 Å². The van der Waals surface area contributed by atoms with E-state index in [2.05, 4.69) is 9.72 Å². The van der Waals surface area contributed by atoms with Gasteiger partial charge in [-0.15, -0.1) is 13.2 Å². The maximum Gasteiger partial charge on any atom is 0.575 e. The van der Waals surface area contributed by atoms with Gasteiger partial charge in [0.2, 0.25) is 0 Å². The minimum atomic E-state index is -5.02. The monoisotopic (exact) mass is 366 g/mol. The molecule has 0 unspecified atom stereocenters. The van der Waals surface area contributed by atoms with Crippen molar-refractivity contribution in [2.45, 2.75) is 13.0 Å². The Bertz CT molecular complexity index is 451. The van der Waals surface area contributed by atoms with Crippen molar-refractivity contribution in [2.75, 3.05) is 0 Å². The number of aromatic nitrogens is 1. The first-order valence-electron chi connectivity index (χ1n) is 3.90. The Morgan fingerprint density at radius 1 is 1.53 bits per heavy atom. The molecule has 0 aliphatic rings. The van der Waals surface area contributed by atoms with Crippen molar-refractivity contribution < 1.29 is 27.2 Å². The van der Waals surface area contributed by atoms with Crippen LogP contribution in [-0.2, 0) is 6.67 Å². The summed E-state index contributed by atoms with van der Waals surface area (Å²) >= 11 is 1.41. The average molecular weight is 366 g/mol. The number of nitrogens with zero attached hydrogens (tertiary/aromatic N) is 2. The summed E-state index contributed by atoms with van der Waals surface area (Å²) in [7, 11) is 0. The molecule has 5 nitrogen and oxygen atoms in total. The Balaban J connectivity index is 3.25. The molecule has 1 aromatic heterocycles. The topological polar surface area (TPSA) is 65.3 Å². The van der Waals surface area contributed by atoms with Crippen LogP contribution in [0.4, 0.5) is 23.4 Å². The fraction of sp³-hybridized carbons (Fsp3) is 0.286. The third-order valence-electron chi connectivity index (χ3n) is 1.53. The number of hydrogen-bond acceptors (Lipinski definition) is 4. The molecule has 0 atom stereocenters. The number of ether oxygens (including phenoxy) is 1. The average Bonchev–Trinajstić information content (AvgIpc) is 2.18. The zero-order valence-electron chi connectivity index (χ0n) is 7.79. The van der Waals surface area contributed by atoms with E-state index in [0.717, 1.165) is 6.07 Å². The van der Waals surface area contributed by atoms with Crippen LogP contribution in [0.25, 0.3) is 0 Å². The number of rotatable bonds is 3. The van der Waals surface area contributed by atoms with Crippen LogP contribution in [0.1, 0.15) is 5.56 Å². The van der Waals surface area contributed by atoms with Crippen LogP contribution in [0.2, 0.25) is 0 Å². The molecule has 0 aliphatic carbocycles. The third-order valence-corrected chi connectivity index (χ3v) is 2.30. The van der Waals surface area contributed by atoms with Gasteiger partial charge in [0.15, 0.2) is 0 Å². The first kappa shape index (κ1) is 13.9. The SMILES string of the molecule is O=[N+]([O-])c1nc(OC(F)(F)F)c(I)cc1CF. The Morgan fingerprint density at radius 2 is 2.12 bits per heavy atom. The van der Waals surface area contributed by atoms with E-state index in [1.54, 1.807) is 0 Å². The summed E-state index contributed by atoms with van der Waals surface area (Å²) in [6, 6.07) is 0.882. The first-order chi connectivity index (χ1) is 7.74. The molecule has 0 radical (unpaired) electrons. The van der Waals surface area contributed by atoms with E-state index < -0.39 is 35.2 Å². The summed E-state index contributed by atoms with van der Waals surface area (Å²) in [6.45, 7) is -1.20. The molecule has 1 aromatic rings. The minimum absolute atomic E-state index is 0.168. The van der Waals surface area contributed by atoms with Crippen molar-refractivity contribution in [3.8, 4) is 5.88 Å². The number of hydrogen-bond donors (Lipinski definition) is 0. The molecule has 0 bridgehead atoms. The predicted molar refractivity (Wildman–Crippen MR) is 55.1 cm³/mol. The Kier molecular flexibility index (Phi) is 4.06. The summed E-state index contributed by atoms with van der Waals surface area (Å²) in [5.74, 6) is -1.96. The second-order valence-electron chi connectivity index (χ2n) is 2.70. The molecule has 1 rings (SSSR count). The van der Waals surface area contributed by atoms with Crippen molar-refractivity contribution in [3.05, 3.63) is 25.3 Å². The van der Waals surface area contributed by atoms with Gasteiger partial charge in [-0.2, -0.15) is 0 Å². The molecular weight excluding hydrogens is 363 g/mol. The Hall–Kier alpha value is -1.20. The number of pyridine rings is 1. The van der Waals surface area contributed by atoms with Gasteiger partial charge in [0, 0.05) is 4.98 Å². The molecule has 94 valence electrons. The van der Waals surface area contributed by atoms with Crippen molar-refractivity contribution in [3.63, 3.8) is 0 Å². The zero-order chi connectivity index (χ0) is 13.2. The van der Waals surface area contributed by atoms with Crippen molar-refractivity contribution in [2.24, 2.45) is 0 Å². The van der Waals surface area contributed by atoms with E-state index in [0.29, 0.717) is 0 Å². The van der Waals surface area contributed by atoms with Crippen LogP contribution in [0.3, 0.4) is 0 Å². The molecule has 17 heavy (non-hydrogen) atoms. The summed E-state index contributed by atoms with van der Waals surface area (Å²) in [6.07, 6.45) is -5.02. The summed E-state index contributed by atoms with van der Waals surface area (Å²) in [5, 5.41) is 10.4. The molecule has 1 heterocycles. The molecule has 0 saturated carbocycles. The molecule has 0 N–H and O–H groups in total. The van der Waals surface area contributed by atoms with Crippen LogP contribution in [0, 0.1) is 13.7 Å². The second kappa shape index (κ2) is 4.98. The van der Waals surface area contributed by atoms with Gasteiger partial charge >= 0.3 is 18.1 Å². The number of alkyl halides is 4. The van der Waals surface area contributed by atoms with Crippen molar-refractivity contribution in [1.82, 2.24) is 4.98 Å². The van der Waals surface area contributed by atoms with Crippen molar-refractivity contribution >= 4 is 28.4 Å². The largest absolute Gasteiger partial charge is 0.575 e. The Morgan fingerprint density at radius 3 is 2.53 bits per heavy atom. The van der Waals surface area contributed by atoms with Crippen LogP contribution in [-0.4, -0.2) is 16.3 Å². The lowest BCUT2D eigenvalue weighted by molar-refractivity contribution is -0.390. The van der Waals surface area contributed by atoms with Crippen molar-refractivity contribution in [1.29, 1.82) is 0 Å². The van der Waals surface area contributed by atoms with E-state index >= 15 is 0 Å². The summed E-state index contributed by atoms with van der Waals surface area (Å²) in [4.78, 5) is 12.4. The van der Waals surface area contributed by atoms with Crippen LogP contribution in [0.5, 0.6) is 5.88 Å². The van der Waals surface area contributed by atoms with Gasteiger partial charge in [-0.05, 0) is 33.6 Å². The standard InChI is InChI=1S/C7H3F4IN2O3/c8-2-3-1-4(12)6(17-7(9,10)11)13-5(3)14(15)16/h1H,2H2. The maximum atomic E-state index is 12.4. The van der Waals surface area contributed by atoms with Gasteiger partial charge in [0.1, 0.15) is 10.2 Å². The molecule has 0 fully saturated rings. The fourth-order valence-corrected chi connectivity index (χ4v) is 1.54. The molecule has 0 spiro atoms. The summed E-state index contributed by atoms with van der Waals surface area (Å²) < 4.78 is 51.5. The van der Waals surface area contributed by atoms with Gasteiger partial charge in [-0.3, -0.25) is 0 Å². The highest BCUT2D eigenvalue weighted by Crippen LogP contribution is 2.30. The smallest absolute Gasteiger partial charge is 0.366 e. The highest BCUT2D eigenvalue weighted by molar-refractivity contribution is 14.1. The van der Waals surface area contributed by atoms with Crippen LogP contribution < -0.4 is 4.74 Å². The lowest BCUT2D eigenvalue weighted by Gasteiger charge is -2.07. The van der Waals surface area contributed by atoms with Gasteiger partial charge in [0.05, 0.1) is 5.56 Å². The number of halogens is 5. The predicted octanol–water partition coefficient (Wildman–Crippen LogP) is 2.96. The third kappa shape index (κ3) is 3.64. The highest BCUT2D eigenvalue weighted by atomic mass is 127. The minimum Gasteiger partial charge on any atom is -0.366 e. The van der Waals surface area contributed by atoms with E-state index in [9.17, 15) is 27.7 Å². The molecule has 0 amide bonds. The fourth-order valence-electron chi connectivity index (χ4n) is 0.938. The first-order valence-corrected chi connectivity index (χ1v) is 4.98. The summed E-state index contributed by atoms with van der Waals surface area (Å²) in [5.41, 5.74) is -0.408. The molecule has 0 saturated heterocycles. The number of nitro groups is 1. The zero-order valence-corrected chi connectivity index (χ0v) is 9.95. The molecule has 10 heteroatoms. The molecule has 0 aliphatic heterocycles. The normalized spacial score (nSPS) is 11.4.